The Morgan fingerprint density at radius 2 is 1.80 bits per heavy atom. The molecule has 0 aromatic heterocycles. The largest absolute Gasteiger partial charge is 0.328 e. The normalized spacial score (nSPS) is 18.1. The molecule has 0 aromatic rings. The molecule has 1 saturated carbocycles. The molecule has 0 unspecified atom stereocenters. The van der Waals surface area contributed by atoms with Crippen LogP contribution in [0.2, 0.25) is 0 Å². The smallest absolute Gasteiger partial charge is 0.264 e. The molecule has 0 aromatic carbocycles. The molecule has 0 amide bonds. The summed E-state index contributed by atoms with van der Waals surface area (Å²) in [5.74, 6) is 0.302. The summed E-state index contributed by atoms with van der Waals surface area (Å²) in [5.41, 5.74) is 5.63. The molecule has 0 bridgehead atoms. The van der Waals surface area contributed by atoms with Gasteiger partial charge in [-0.05, 0) is 25.0 Å². The molecule has 6 heteroatoms. The van der Waals surface area contributed by atoms with Gasteiger partial charge in [-0.25, -0.2) is 0 Å². The molecule has 4 nitrogen and oxygen atoms in total. The maximum absolute atomic E-state index is 9.91. The number of nitrogens with two attached hydrogens (primary N) is 1. The fraction of sp³-hybridized carbons (Fsp3) is 1.00. The molecule has 1 fully saturated rings. The van der Waals surface area contributed by atoms with E-state index in [1.165, 1.54) is 32.1 Å². The van der Waals surface area contributed by atoms with Crippen LogP contribution in [0.25, 0.3) is 0 Å². The van der Waals surface area contributed by atoms with E-state index in [0.717, 1.165) is 0 Å². The van der Waals surface area contributed by atoms with Gasteiger partial charge in [0, 0.05) is 6.04 Å². The monoisotopic (exact) mass is 255 g/mol. The summed E-state index contributed by atoms with van der Waals surface area (Å²) in [6.45, 7) is 0. The van der Waals surface area contributed by atoms with Crippen LogP contribution in [0, 0.1) is 0 Å². The third-order valence-corrected chi connectivity index (χ3v) is 3.33. The number of hydrogen-bond donors (Lipinski definition) is 3. The van der Waals surface area contributed by atoms with Crippen molar-refractivity contribution in [2.45, 2.75) is 44.6 Å². The highest BCUT2D eigenvalue weighted by atomic mass is 32.2. The van der Waals surface area contributed by atoms with Crippen molar-refractivity contribution in [2.75, 3.05) is 11.5 Å². The Morgan fingerprint density at radius 1 is 1.27 bits per heavy atom. The van der Waals surface area contributed by atoms with Crippen molar-refractivity contribution < 1.29 is 13.0 Å². The third kappa shape index (κ3) is 12.2. The van der Waals surface area contributed by atoms with Crippen molar-refractivity contribution in [2.24, 2.45) is 5.73 Å². The van der Waals surface area contributed by atoms with Crippen LogP contribution in [0.3, 0.4) is 0 Å². The van der Waals surface area contributed by atoms with Gasteiger partial charge in [0.25, 0.3) is 10.1 Å². The van der Waals surface area contributed by atoms with Crippen LogP contribution in [-0.2, 0) is 10.1 Å². The molecule has 3 N–H and O–H groups in total. The Morgan fingerprint density at radius 3 is 2.00 bits per heavy atom. The third-order valence-electron chi connectivity index (χ3n) is 2.21. The SMILES string of the molecule is NC1CCCCC1.O=S(=O)(O)CCCS. The Hall–Kier alpha value is 0.220. The van der Waals surface area contributed by atoms with Crippen molar-refractivity contribution in [3.63, 3.8) is 0 Å². The molecular formula is C9H21NO3S2. The van der Waals surface area contributed by atoms with E-state index in [1.807, 2.05) is 0 Å². The van der Waals surface area contributed by atoms with Crippen molar-refractivity contribution in [1.82, 2.24) is 0 Å². The van der Waals surface area contributed by atoms with E-state index >= 15 is 0 Å². The van der Waals surface area contributed by atoms with Gasteiger partial charge in [-0.3, -0.25) is 4.55 Å². The van der Waals surface area contributed by atoms with Crippen LogP contribution < -0.4 is 5.73 Å². The lowest BCUT2D eigenvalue weighted by atomic mass is 9.97. The fourth-order valence-corrected chi connectivity index (χ4v) is 2.26. The average molecular weight is 255 g/mol. The standard InChI is InChI=1S/C6H13N.C3H8O3S2/c7-6-4-2-1-3-5-6;4-8(5,6)3-1-2-7/h6H,1-5,7H2;7H,1-3H2,(H,4,5,6). The van der Waals surface area contributed by atoms with E-state index < -0.39 is 10.1 Å². The van der Waals surface area contributed by atoms with Crippen LogP contribution >= 0.6 is 12.6 Å². The van der Waals surface area contributed by atoms with E-state index in [4.69, 9.17) is 10.3 Å². The first-order valence-corrected chi connectivity index (χ1v) is 7.51. The lowest BCUT2D eigenvalue weighted by Crippen LogP contribution is -2.22. The Kier molecular flexibility index (Phi) is 8.50. The Bertz CT molecular complexity index is 236. The van der Waals surface area contributed by atoms with E-state index in [1.54, 1.807) is 0 Å². The minimum atomic E-state index is -3.74. The van der Waals surface area contributed by atoms with Crippen LogP contribution in [-0.4, -0.2) is 30.5 Å². The summed E-state index contributed by atoms with van der Waals surface area (Å²) >= 11 is 3.76. The highest BCUT2D eigenvalue weighted by molar-refractivity contribution is 7.85. The van der Waals surface area contributed by atoms with E-state index in [0.29, 0.717) is 18.2 Å². The van der Waals surface area contributed by atoms with Gasteiger partial charge in [0.15, 0.2) is 0 Å². The zero-order valence-electron chi connectivity index (χ0n) is 8.93. The highest BCUT2D eigenvalue weighted by Crippen LogP contribution is 2.14. The van der Waals surface area contributed by atoms with Crippen molar-refractivity contribution in [1.29, 1.82) is 0 Å². The fourth-order valence-electron chi connectivity index (χ4n) is 1.38. The second kappa shape index (κ2) is 8.38. The molecule has 1 aliphatic rings. The number of thiol groups is 1. The van der Waals surface area contributed by atoms with Gasteiger partial charge in [0.2, 0.25) is 0 Å². The maximum Gasteiger partial charge on any atom is 0.264 e. The van der Waals surface area contributed by atoms with Crippen LogP contribution in [0.4, 0.5) is 0 Å². The predicted molar refractivity (Wildman–Crippen MR) is 65.9 cm³/mol. The second-order valence-electron chi connectivity index (χ2n) is 3.76. The van der Waals surface area contributed by atoms with Gasteiger partial charge in [-0.1, -0.05) is 19.3 Å². The minimum absolute atomic E-state index is 0.184. The summed E-state index contributed by atoms with van der Waals surface area (Å²) in [5, 5.41) is 0. The Balaban J connectivity index is 0.000000262. The van der Waals surface area contributed by atoms with E-state index in [2.05, 4.69) is 12.6 Å². The zero-order chi connectivity index (χ0) is 11.7. The lowest BCUT2D eigenvalue weighted by Gasteiger charge is -2.15. The summed E-state index contributed by atoms with van der Waals surface area (Å²) in [6.07, 6.45) is 7.07. The van der Waals surface area contributed by atoms with Gasteiger partial charge in [-0.15, -0.1) is 0 Å². The molecule has 92 valence electrons. The average Bonchev–Trinajstić information content (AvgIpc) is 2.16. The molecule has 0 aliphatic heterocycles. The summed E-state index contributed by atoms with van der Waals surface area (Å²) in [4.78, 5) is 0. The summed E-state index contributed by atoms with van der Waals surface area (Å²) in [6, 6.07) is 0.536. The minimum Gasteiger partial charge on any atom is -0.328 e. The molecule has 0 heterocycles. The topological polar surface area (TPSA) is 80.4 Å². The highest BCUT2D eigenvalue weighted by Gasteiger charge is 2.06. The molecule has 1 aliphatic carbocycles. The van der Waals surface area contributed by atoms with Gasteiger partial charge in [-0.2, -0.15) is 21.0 Å². The van der Waals surface area contributed by atoms with E-state index in [9.17, 15) is 8.42 Å². The van der Waals surface area contributed by atoms with Gasteiger partial charge in [0.1, 0.15) is 0 Å². The lowest BCUT2D eigenvalue weighted by molar-refractivity contribution is 0.441. The van der Waals surface area contributed by atoms with Crippen LogP contribution in [0.15, 0.2) is 0 Å². The molecule has 0 spiro atoms. The van der Waals surface area contributed by atoms with Crippen molar-refractivity contribution in [3.05, 3.63) is 0 Å². The number of rotatable bonds is 3. The van der Waals surface area contributed by atoms with Gasteiger partial charge in [0.05, 0.1) is 5.75 Å². The van der Waals surface area contributed by atoms with Crippen LogP contribution in [0.5, 0.6) is 0 Å². The zero-order valence-corrected chi connectivity index (χ0v) is 10.6. The van der Waals surface area contributed by atoms with Crippen LogP contribution in [0.1, 0.15) is 38.5 Å². The predicted octanol–water partition coefficient (Wildman–Crippen LogP) is 1.47. The molecule has 0 radical (unpaired) electrons. The molecule has 1 rings (SSSR count). The van der Waals surface area contributed by atoms with Gasteiger partial charge < -0.3 is 5.73 Å². The first-order valence-electron chi connectivity index (χ1n) is 5.27. The molecule has 0 saturated heterocycles. The molecule has 15 heavy (non-hydrogen) atoms. The number of hydrogen-bond acceptors (Lipinski definition) is 4. The van der Waals surface area contributed by atoms with Crippen molar-refractivity contribution in [3.8, 4) is 0 Å². The summed E-state index contributed by atoms with van der Waals surface area (Å²) in [7, 11) is -3.74. The first-order chi connectivity index (χ1) is 6.95. The summed E-state index contributed by atoms with van der Waals surface area (Å²) < 4.78 is 27.9. The quantitative estimate of drug-likeness (QED) is 0.527. The Labute approximate surface area is 97.8 Å². The first kappa shape index (κ1) is 15.2. The molecular weight excluding hydrogens is 234 g/mol. The van der Waals surface area contributed by atoms with Gasteiger partial charge >= 0.3 is 0 Å². The maximum atomic E-state index is 9.91. The second-order valence-corrected chi connectivity index (χ2v) is 5.78. The van der Waals surface area contributed by atoms with Crippen molar-refractivity contribution >= 4 is 22.7 Å². The van der Waals surface area contributed by atoms with E-state index in [-0.39, 0.29) is 5.75 Å². The molecule has 0 atom stereocenters.